The Morgan fingerprint density at radius 3 is 2.64 bits per heavy atom. The Hall–Kier alpha value is -1.20. The number of carbonyl (C=O) groups is 1. The summed E-state index contributed by atoms with van der Waals surface area (Å²) in [7, 11) is 1.19. The zero-order chi connectivity index (χ0) is 18.6. The molecule has 25 heavy (non-hydrogen) atoms. The van der Waals surface area contributed by atoms with Gasteiger partial charge in [-0.25, -0.2) is 4.79 Å². The summed E-state index contributed by atoms with van der Waals surface area (Å²) in [5.41, 5.74) is 5.88. The minimum Gasteiger partial charge on any atom is -0.466 e. The molecule has 0 amide bonds. The van der Waals surface area contributed by atoms with Crippen molar-refractivity contribution >= 4 is 17.7 Å². The highest BCUT2D eigenvalue weighted by Crippen LogP contribution is 2.44. The van der Waals surface area contributed by atoms with E-state index in [-0.39, 0.29) is 6.42 Å². The van der Waals surface area contributed by atoms with Crippen molar-refractivity contribution in [2.24, 2.45) is 5.73 Å². The van der Waals surface area contributed by atoms with E-state index in [1.807, 2.05) is 6.07 Å². The topological polar surface area (TPSA) is 142 Å². The summed E-state index contributed by atoms with van der Waals surface area (Å²) in [4.78, 5) is 11.5. The summed E-state index contributed by atoms with van der Waals surface area (Å²) < 4.78 is 10.6. The van der Waals surface area contributed by atoms with Crippen LogP contribution in [0.1, 0.15) is 6.42 Å². The molecule has 1 aromatic rings. The molecule has 6 atom stereocenters. The molecule has 0 bridgehead atoms. The number of hydrogen-bond acceptors (Lipinski definition) is 9. The Morgan fingerprint density at radius 2 is 2.08 bits per heavy atom. The summed E-state index contributed by atoms with van der Waals surface area (Å²) in [5.74, 6) is -0.747. The largest absolute Gasteiger partial charge is 0.466 e. The molecule has 1 aliphatic rings. The third-order valence-electron chi connectivity index (χ3n) is 4.07. The number of hydrogen-bond donors (Lipinski definition) is 5. The van der Waals surface area contributed by atoms with Crippen LogP contribution in [-0.4, -0.2) is 75.5 Å². The molecule has 0 aromatic heterocycles. The number of aliphatic hydroxyl groups is 4. The number of thioether (sulfide) groups is 1. The lowest BCUT2D eigenvalue weighted by Crippen LogP contribution is -2.64. The molecule has 1 saturated heterocycles. The van der Waals surface area contributed by atoms with Gasteiger partial charge in [0, 0.05) is 11.3 Å². The van der Waals surface area contributed by atoms with Crippen LogP contribution in [0, 0.1) is 0 Å². The summed E-state index contributed by atoms with van der Waals surface area (Å²) in [6.45, 7) is -0.721. The molecule has 1 heterocycles. The molecule has 1 aromatic carbocycles. The molecule has 9 heteroatoms. The van der Waals surface area contributed by atoms with Gasteiger partial charge in [0.2, 0.25) is 4.93 Å². The van der Waals surface area contributed by atoms with Crippen molar-refractivity contribution in [3.8, 4) is 0 Å². The van der Waals surface area contributed by atoms with Crippen LogP contribution in [0.5, 0.6) is 0 Å². The predicted octanol–water partition coefficient (Wildman–Crippen LogP) is -1.16. The Bertz CT molecular complexity index is 575. The number of esters is 1. The van der Waals surface area contributed by atoms with Crippen LogP contribution in [0.2, 0.25) is 0 Å². The lowest BCUT2D eigenvalue weighted by Gasteiger charge is -2.45. The molecule has 0 aliphatic carbocycles. The summed E-state index contributed by atoms with van der Waals surface area (Å²) in [5, 5.41) is 39.3. The van der Waals surface area contributed by atoms with Crippen molar-refractivity contribution in [1.82, 2.24) is 0 Å². The maximum absolute atomic E-state index is 12.4. The highest BCUT2D eigenvalue weighted by atomic mass is 32.2. The van der Waals surface area contributed by atoms with Gasteiger partial charge in [0.1, 0.15) is 18.3 Å². The van der Waals surface area contributed by atoms with Gasteiger partial charge < -0.3 is 35.6 Å². The van der Waals surface area contributed by atoms with E-state index in [0.717, 1.165) is 11.8 Å². The van der Waals surface area contributed by atoms with Gasteiger partial charge >= 0.3 is 5.97 Å². The molecular weight excluding hydrogens is 350 g/mol. The second-order valence-electron chi connectivity index (χ2n) is 5.83. The Balaban J connectivity index is 2.36. The van der Waals surface area contributed by atoms with Crippen molar-refractivity contribution in [1.29, 1.82) is 0 Å². The molecule has 3 unspecified atom stereocenters. The zero-order valence-electron chi connectivity index (χ0n) is 13.7. The van der Waals surface area contributed by atoms with Crippen molar-refractivity contribution in [2.45, 2.75) is 46.7 Å². The van der Waals surface area contributed by atoms with Gasteiger partial charge in [0.05, 0.1) is 25.9 Å². The first-order chi connectivity index (χ1) is 11.8. The van der Waals surface area contributed by atoms with Gasteiger partial charge in [-0.2, -0.15) is 0 Å². The van der Waals surface area contributed by atoms with Crippen molar-refractivity contribution < 1.29 is 34.7 Å². The van der Waals surface area contributed by atoms with Gasteiger partial charge in [0.25, 0.3) is 0 Å². The number of aliphatic hydroxyl groups excluding tert-OH is 4. The number of ether oxygens (including phenoxy) is 2. The van der Waals surface area contributed by atoms with E-state index in [1.165, 1.54) is 7.11 Å². The van der Waals surface area contributed by atoms with Gasteiger partial charge in [-0.05, 0) is 12.1 Å². The fourth-order valence-electron chi connectivity index (χ4n) is 2.67. The smallest absolute Gasteiger partial charge is 0.349 e. The molecule has 0 radical (unpaired) electrons. The van der Waals surface area contributed by atoms with E-state index in [1.54, 1.807) is 24.3 Å². The Kier molecular flexibility index (Phi) is 6.80. The molecule has 2 rings (SSSR count). The van der Waals surface area contributed by atoms with Crippen LogP contribution in [0.3, 0.4) is 0 Å². The fraction of sp³-hybridized carbons (Fsp3) is 0.562. The molecule has 1 aliphatic heterocycles. The van der Waals surface area contributed by atoms with Crippen LogP contribution in [0.15, 0.2) is 35.2 Å². The molecule has 8 nitrogen and oxygen atoms in total. The number of carbonyl (C=O) groups excluding carboxylic acids is 1. The third kappa shape index (κ3) is 4.32. The fourth-order valence-corrected chi connectivity index (χ4v) is 3.93. The lowest BCUT2D eigenvalue weighted by molar-refractivity contribution is -0.203. The predicted molar refractivity (Wildman–Crippen MR) is 89.6 cm³/mol. The monoisotopic (exact) mass is 373 g/mol. The van der Waals surface area contributed by atoms with E-state index in [2.05, 4.69) is 0 Å². The van der Waals surface area contributed by atoms with Crippen LogP contribution >= 0.6 is 11.8 Å². The van der Waals surface area contributed by atoms with Crippen molar-refractivity contribution in [3.05, 3.63) is 30.3 Å². The summed E-state index contributed by atoms with van der Waals surface area (Å²) in [6, 6.07) is 7.83. The average Bonchev–Trinajstić information content (AvgIpc) is 2.63. The number of benzene rings is 1. The lowest BCUT2D eigenvalue weighted by atomic mass is 9.90. The van der Waals surface area contributed by atoms with Crippen molar-refractivity contribution in [3.63, 3.8) is 0 Å². The average molecular weight is 373 g/mol. The van der Waals surface area contributed by atoms with Crippen LogP contribution in [0.25, 0.3) is 0 Å². The minimum atomic E-state index is -1.65. The third-order valence-corrected chi connectivity index (χ3v) is 5.34. The minimum absolute atomic E-state index is 0.154. The molecule has 6 N–H and O–H groups in total. The molecule has 140 valence electrons. The highest BCUT2D eigenvalue weighted by Gasteiger charge is 2.54. The quantitative estimate of drug-likeness (QED) is 0.390. The number of methoxy groups -OCH3 is 1. The molecular formula is C16H23NO7S. The molecule has 0 spiro atoms. The van der Waals surface area contributed by atoms with Gasteiger partial charge in [-0.3, -0.25) is 0 Å². The maximum Gasteiger partial charge on any atom is 0.349 e. The van der Waals surface area contributed by atoms with Crippen LogP contribution < -0.4 is 5.73 Å². The first-order valence-electron chi connectivity index (χ1n) is 7.75. The number of nitrogens with two attached hydrogens (primary N) is 1. The first kappa shape index (κ1) is 20.1. The van der Waals surface area contributed by atoms with Gasteiger partial charge in [-0.15, -0.1) is 0 Å². The van der Waals surface area contributed by atoms with E-state index < -0.39 is 48.0 Å². The van der Waals surface area contributed by atoms with E-state index in [0.29, 0.717) is 4.90 Å². The van der Waals surface area contributed by atoms with E-state index >= 15 is 0 Å². The Labute approximate surface area is 149 Å². The molecule has 0 saturated carbocycles. The second kappa shape index (κ2) is 8.45. The zero-order valence-corrected chi connectivity index (χ0v) is 14.5. The SMILES string of the molecule is COC(=O)C1(Sc2ccccc2)CC(O)[C@@H](N)C([C@H](O)[C@H](O)CO)O1. The standard InChI is InChI=1S/C16H23NO7S/c1-23-15(22)16(25-9-5-3-2-4-6-9)7-10(19)12(17)14(24-16)13(21)11(20)8-18/h2-6,10-14,18-21H,7-8,17H2,1H3/t10?,11-,12-,13-,14?,16?/m1/s1. The molecule has 1 fully saturated rings. The van der Waals surface area contributed by atoms with E-state index in [4.69, 9.17) is 20.3 Å². The summed E-state index contributed by atoms with van der Waals surface area (Å²) in [6.07, 6.45) is -5.73. The van der Waals surface area contributed by atoms with Gasteiger partial charge in [0.15, 0.2) is 0 Å². The first-order valence-corrected chi connectivity index (χ1v) is 8.57. The van der Waals surface area contributed by atoms with Crippen LogP contribution in [-0.2, 0) is 14.3 Å². The number of rotatable bonds is 6. The van der Waals surface area contributed by atoms with E-state index in [9.17, 15) is 20.1 Å². The summed E-state index contributed by atoms with van der Waals surface area (Å²) >= 11 is 1.02. The highest BCUT2D eigenvalue weighted by molar-refractivity contribution is 8.01. The van der Waals surface area contributed by atoms with Crippen LogP contribution in [0.4, 0.5) is 0 Å². The normalized spacial score (nSPS) is 32.0. The van der Waals surface area contributed by atoms with Crippen molar-refractivity contribution in [2.75, 3.05) is 13.7 Å². The Morgan fingerprint density at radius 1 is 1.44 bits per heavy atom. The maximum atomic E-state index is 12.4. The second-order valence-corrected chi connectivity index (χ2v) is 7.17. The van der Waals surface area contributed by atoms with Gasteiger partial charge in [-0.1, -0.05) is 30.0 Å².